The van der Waals surface area contributed by atoms with Gasteiger partial charge in [0.15, 0.2) is 0 Å². The predicted octanol–water partition coefficient (Wildman–Crippen LogP) is 2.92. The Morgan fingerprint density at radius 1 is 1.04 bits per heavy atom. The molecule has 2 aromatic rings. The van der Waals surface area contributed by atoms with Gasteiger partial charge in [-0.1, -0.05) is 11.6 Å². The van der Waals surface area contributed by atoms with E-state index in [9.17, 15) is 25.0 Å². The lowest BCUT2D eigenvalue weighted by atomic mass is 10.2. The Balaban J connectivity index is 2.08. The molecule has 0 saturated heterocycles. The Bertz CT molecular complexity index is 836. The third-order valence-corrected chi connectivity index (χ3v) is 3.24. The molecule has 24 heavy (non-hydrogen) atoms. The molecule has 0 atom stereocenters. The monoisotopic (exact) mass is 348 g/mol. The Hall–Kier alpha value is -3.33. The van der Waals surface area contributed by atoms with Crippen LogP contribution in [-0.4, -0.2) is 22.0 Å². The highest BCUT2D eigenvalue weighted by Crippen LogP contribution is 2.20. The third kappa shape index (κ3) is 4.11. The van der Waals surface area contributed by atoms with Crippen molar-refractivity contribution in [2.24, 2.45) is 5.10 Å². The maximum Gasteiger partial charge on any atom is 0.271 e. The summed E-state index contributed by atoms with van der Waals surface area (Å²) >= 11 is 5.89. The molecule has 0 aliphatic rings. The molecule has 10 heteroatoms. The van der Waals surface area contributed by atoms with E-state index in [1.54, 1.807) is 0 Å². The zero-order valence-electron chi connectivity index (χ0n) is 11.9. The van der Waals surface area contributed by atoms with Gasteiger partial charge in [-0.3, -0.25) is 25.0 Å². The fourth-order valence-corrected chi connectivity index (χ4v) is 1.87. The van der Waals surface area contributed by atoms with Gasteiger partial charge in [0.05, 0.1) is 16.1 Å². The van der Waals surface area contributed by atoms with Gasteiger partial charge >= 0.3 is 0 Å². The van der Waals surface area contributed by atoms with Crippen molar-refractivity contribution >= 4 is 35.1 Å². The molecule has 1 N–H and O–H groups in total. The first-order valence-corrected chi connectivity index (χ1v) is 6.78. The van der Waals surface area contributed by atoms with Crippen molar-refractivity contribution in [1.29, 1.82) is 0 Å². The number of nitrogens with zero attached hydrogens (tertiary/aromatic N) is 3. The van der Waals surface area contributed by atoms with Crippen molar-refractivity contribution in [2.45, 2.75) is 0 Å². The molecule has 0 spiro atoms. The number of halogens is 1. The van der Waals surface area contributed by atoms with Crippen molar-refractivity contribution in [1.82, 2.24) is 5.43 Å². The van der Waals surface area contributed by atoms with Crippen LogP contribution in [0, 0.1) is 20.2 Å². The second kappa shape index (κ2) is 7.29. The standard InChI is InChI=1S/C14H9ClN4O5/c15-13-6-5-12(19(23)24)7-10(13)8-16-17-14(20)9-1-3-11(4-2-9)18(21)22/h1-8H,(H,17,20). The first-order valence-electron chi connectivity index (χ1n) is 6.40. The summed E-state index contributed by atoms with van der Waals surface area (Å²) in [6.45, 7) is 0. The number of carbonyl (C=O) groups excluding carboxylic acids is 1. The average molecular weight is 349 g/mol. The molecule has 0 aromatic heterocycles. The van der Waals surface area contributed by atoms with Crippen LogP contribution in [0.15, 0.2) is 47.6 Å². The Kier molecular flexibility index (Phi) is 5.17. The molecule has 0 fully saturated rings. The minimum Gasteiger partial charge on any atom is -0.267 e. The summed E-state index contributed by atoms with van der Waals surface area (Å²) < 4.78 is 0. The first-order chi connectivity index (χ1) is 11.4. The highest BCUT2D eigenvalue weighted by Gasteiger charge is 2.10. The average Bonchev–Trinajstić information content (AvgIpc) is 2.56. The summed E-state index contributed by atoms with van der Waals surface area (Å²) in [4.78, 5) is 31.9. The fourth-order valence-electron chi connectivity index (χ4n) is 1.70. The maximum absolute atomic E-state index is 11.8. The van der Waals surface area contributed by atoms with Gasteiger partial charge in [0.25, 0.3) is 17.3 Å². The van der Waals surface area contributed by atoms with Crippen molar-refractivity contribution in [2.75, 3.05) is 0 Å². The number of amides is 1. The zero-order valence-corrected chi connectivity index (χ0v) is 12.6. The summed E-state index contributed by atoms with van der Waals surface area (Å²) in [5.74, 6) is -0.595. The molecule has 2 rings (SSSR count). The van der Waals surface area contributed by atoms with Gasteiger partial charge in [-0.25, -0.2) is 5.43 Å². The molecular weight excluding hydrogens is 340 g/mol. The molecule has 1 amide bonds. The van der Waals surface area contributed by atoms with Crippen molar-refractivity contribution in [3.8, 4) is 0 Å². The lowest BCUT2D eigenvalue weighted by Crippen LogP contribution is -2.17. The molecule has 0 saturated carbocycles. The zero-order chi connectivity index (χ0) is 17.7. The summed E-state index contributed by atoms with van der Waals surface area (Å²) in [5, 5.41) is 25.1. The molecule has 0 aliphatic heterocycles. The number of non-ortho nitro benzene ring substituents is 2. The van der Waals surface area contributed by atoms with Crippen LogP contribution in [0.3, 0.4) is 0 Å². The summed E-state index contributed by atoms with van der Waals surface area (Å²) in [6.07, 6.45) is 1.17. The SMILES string of the molecule is O=C(NN=Cc1cc([N+](=O)[O-])ccc1Cl)c1ccc([N+](=O)[O-])cc1. The van der Waals surface area contributed by atoms with Gasteiger partial charge in [0, 0.05) is 40.4 Å². The number of hydrogen-bond acceptors (Lipinski definition) is 6. The third-order valence-electron chi connectivity index (χ3n) is 2.90. The number of nitro groups is 2. The maximum atomic E-state index is 11.8. The lowest BCUT2D eigenvalue weighted by molar-refractivity contribution is -0.385. The van der Waals surface area contributed by atoms with Crippen LogP contribution in [0.5, 0.6) is 0 Å². The van der Waals surface area contributed by atoms with Crippen LogP contribution in [0.1, 0.15) is 15.9 Å². The Morgan fingerprint density at radius 3 is 2.21 bits per heavy atom. The van der Waals surface area contributed by atoms with E-state index in [-0.39, 0.29) is 27.5 Å². The molecule has 2 aromatic carbocycles. The second-order valence-corrected chi connectivity index (χ2v) is 4.87. The molecular formula is C14H9ClN4O5. The molecule has 0 bridgehead atoms. The van der Waals surface area contributed by atoms with Crippen LogP contribution >= 0.6 is 11.6 Å². The number of benzene rings is 2. The molecule has 122 valence electrons. The predicted molar refractivity (Wildman–Crippen MR) is 86.3 cm³/mol. The Morgan fingerprint density at radius 2 is 1.62 bits per heavy atom. The van der Waals surface area contributed by atoms with Crippen molar-refractivity contribution in [3.05, 3.63) is 78.8 Å². The smallest absolute Gasteiger partial charge is 0.267 e. The number of hydrazone groups is 1. The molecule has 0 unspecified atom stereocenters. The second-order valence-electron chi connectivity index (χ2n) is 4.47. The van der Waals surface area contributed by atoms with E-state index in [1.807, 2.05) is 0 Å². The minimum absolute atomic E-state index is 0.140. The van der Waals surface area contributed by atoms with E-state index < -0.39 is 15.8 Å². The summed E-state index contributed by atoms with van der Waals surface area (Å²) in [7, 11) is 0. The largest absolute Gasteiger partial charge is 0.271 e. The van der Waals surface area contributed by atoms with Gasteiger partial charge in [0.1, 0.15) is 0 Å². The minimum atomic E-state index is -0.595. The fraction of sp³-hybridized carbons (Fsp3) is 0. The van der Waals surface area contributed by atoms with Crippen molar-refractivity contribution < 1.29 is 14.6 Å². The highest BCUT2D eigenvalue weighted by molar-refractivity contribution is 6.33. The van der Waals surface area contributed by atoms with Gasteiger partial charge in [-0.05, 0) is 18.2 Å². The molecule has 0 heterocycles. The van der Waals surface area contributed by atoms with Crippen LogP contribution in [0.2, 0.25) is 5.02 Å². The van der Waals surface area contributed by atoms with Gasteiger partial charge in [0.2, 0.25) is 0 Å². The highest BCUT2D eigenvalue weighted by atomic mass is 35.5. The van der Waals surface area contributed by atoms with Crippen LogP contribution in [0.25, 0.3) is 0 Å². The van der Waals surface area contributed by atoms with Crippen LogP contribution < -0.4 is 5.43 Å². The van der Waals surface area contributed by atoms with Gasteiger partial charge < -0.3 is 0 Å². The Labute approximate surface area is 139 Å². The number of nitrogens with one attached hydrogen (secondary N) is 1. The number of hydrogen-bond donors (Lipinski definition) is 1. The van der Waals surface area contributed by atoms with Gasteiger partial charge in [-0.2, -0.15) is 5.10 Å². The number of carbonyl (C=O) groups is 1. The van der Waals surface area contributed by atoms with E-state index in [2.05, 4.69) is 10.5 Å². The van der Waals surface area contributed by atoms with E-state index in [4.69, 9.17) is 11.6 Å². The van der Waals surface area contributed by atoms with Crippen molar-refractivity contribution in [3.63, 3.8) is 0 Å². The number of nitro benzene ring substituents is 2. The summed E-state index contributed by atoms with van der Waals surface area (Å²) in [6, 6.07) is 8.75. The van der Waals surface area contributed by atoms with Gasteiger partial charge in [-0.15, -0.1) is 0 Å². The molecule has 9 nitrogen and oxygen atoms in total. The first kappa shape index (κ1) is 17.0. The van der Waals surface area contributed by atoms with E-state index in [1.165, 1.54) is 48.7 Å². The van der Waals surface area contributed by atoms with Crippen LogP contribution in [0.4, 0.5) is 11.4 Å². The normalized spacial score (nSPS) is 10.5. The van der Waals surface area contributed by atoms with E-state index in [0.29, 0.717) is 0 Å². The van der Waals surface area contributed by atoms with E-state index in [0.717, 1.165) is 0 Å². The van der Waals surface area contributed by atoms with Crippen LogP contribution in [-0.2, 0) is 0 Å². The molecule has 0 aliphatic carbocycles. The number of rotatable bonds is 5. The molecule has 0 radical (unpaired) electrons. The van der Waals surface area contributed by atoms with E-state index >= 15 is 0 Å². The quantitative estimate of drug-likeness (QED) is 0.504. The lowest BCUT2D eigenvalue weighted by Gasteiger charge is -2.00. The summed E-state index contributed by atoms with van der Waals surface area (Å²) in [5.41, 5.74) is 2.33. The topological polar surface area (TPSA) is 128 Å².